The van der Waals surface area contributed by atoms with Crippen molar-refractivity contribution < 1.29 is 10.2 Å². The van der Waals surface area contributed by atoms with Crippen molar-refractivity contribution in [1.82, 2.24) is 5.32 Å². The molecule has 0 saturated heterocycles. The maximum atomic E-state index is 10.9. The Morgan fingerprint density at radius 1 is 1.14 bits per heavy atom. The van der Waals surface area contributed by atoms with Gasteiger partial charge in [-0.2, -0.15) is 0 Å². The zero-order valence-corrected chi connectivity index (χ0v) is 14.7. The molecule has 4 heteroatoms. The molecule has 1 spiro atoms. The molecule has 2 aliphatic rings. The molecule has 1 fully saturated rings. The van der Waals surface area contributed by atoms with E-state index in [1.54, 1.807) is 0 Å². The van der Waals surface area contributed by atoms with Gasteiger partial charge >= 0.3 is 0 Å². The van der Waals surface area contributed by atoms with E-state index in [4.69, 9.17) is 0 Å². The fourth-order valence-electron chi connectivity index (χ4n) is 3.92. The SMILES string of the molecule is Cc1cc(I)cc(C)c1C1=C(O)C2(CCCCC2)NC1O. The van der Waals surface area contributed by atoms with Crippen LogP contribution in [0.5, 0.6) is 0 Å². The quantitative estimate of drug-likeness (QED) is 0.630. The van der Waals surface area contributed by atoms with Crippen molar-refractivity contribution in [3.63, 3.8) is 0 Å². The van der Waals surface area contributed by atoms with Gasteiger partial charge in [0.05, 0.1) is 5.54 Å². The van der Waals surface area contributed by atoms with Gasteiger partial charge in [-0.3, -0.25) is 5.32 Å². The highest BCUT2D eigenvalue weighted by atomic mass is 127. The number of halogens is 1. The summed E-state index contributed by atoms with van der Waals surface area (Å²) in [5, 5.41) is 24.6. The van der Waals surface area contributed by atoms with Crippen molar-refractivity contribution in [3.05, 3.63) is 38.2 Å². The van der Waals surface area contributed by atoms with E-state index in [0.29, 0.717) is 11.3 Å². The van der Waals surface area contributed by atoms with Crippen LogP contribution in [0.4, 0.5) is 0 Å². The van der Waals surface area contributed by atoms with Crippen molar-refractivity contribution in [2.45, 2.75) is 57.7 Å². The summed E-state index contributed by atoms with van der Waals surface area (Å²) in [6, 6.07) is 4.20. The molecular formula is C17H22INO2. The largest absolute Gasteiger partial charge is 0.510 e. The highest BCUT2D eigenvalue weighted by molar-refractivity contribution is 14.1. The van der Waals surface area contributed by atoms with Crippen LogP contribution in [0.15, 0.2) is 17.9 Å². The number of aryl methyl sites for hydroxylation is 2. The highest BCUT2D eigenvalue weighted by Crippen LogP contribution is 2.44. The third-order valence-corrected chi connectivity index (χ3v) is 5.49. The van der Waals surface area contributed by atoms with Gasteiger partial charge in [0.2, 0.25) is 0 Å². The van der Waals surface area contributed by atoms with Gasteiger partial charge in [0.25, 0.3) is 0 Å². The summed E-state index contributed by atoms with van der Waals surface area (Å²) in [5.74, 6) is 0.363. The topological polar surface area (TPSA) is 52.5 Å². The van der Waals surface area contributed by atoms with Crippen LogP contribution in [-0.4, -0.2) is 22.0 Å². The minimum Gasteiger partial charge on any atom is -0.510 e. The Labute approximate surface area is 139 Å². The third kappa shape index (κ3) is 2.51. The Bertz CT molecular complexity index is 580. The summed E-state index contributed by atoms with van der Waals surface area (Å²) in [6.07, 6.45) is 4.44. The van der Waals surface area contributed by atoms with Gasteiger partial charge in [-0.25, -0.2) is 0 Å². The van der Waals surface area contributed by atoms with E-state index >= 15 is 0 Å². The zero-order chi connectivity index (χ0) is 15.2. The number of benzene rings is 1. The Balaban J connectivity index is 2.12. The molecule has 1 aliphatic carbocycles. The molecule has 1 aliphatic heterocycles. The van der Waals surface area contributed by atoms with E-state index in [9.17, 15) is 10.2 Å². The standard InChI is InChI=1S/C17H22INO2/c1-10-8-12(18)9-11(2)13(10)14-15(20)17(19-16(14)21)6-4-3-5-7-17/h8-9,16,19-21H,3-7H2,1-2H3. The Morgan fingerprint density at radius 3 is 2.29 bits per heavy atom. The second-order valence-corrected chi connectivity index (χ2v) is 7.61. The summed E-state index contributed by atoms with van der Waals surface area (Å²) in [5.41, 5.74) is 3.48. The van der Waals surface area contributed by atoms with Crippen LogP contribution in [0.2, 0.25) is 0 Å². The average Bonchev–Trinajstić information content (AvgIpc) is 2.63. The lowest BCUT2D eigenvalue weighted by atomic mass is 9.80. The molecule has 1 unspecified atom stereocenters. The molecule has 0 aromatic heterocycles. The molecule has 3 N–H and O–H groups in total. The smallest absolute Gasteiger partial charge is 0.135 e. The predicted octanol–water partition coefficient (Wildman–Crippen LogP) is 3.80. The number of aliphatic hydroxyl groups excluding tert-OH is 2. The number of aliphatic hydroxyl groups is 2. The molecule has 1 atom stereocenters. The maximum Gasteiger partial charge on any atom is 0.135 e. The van der Waals surface area contributed by atoms with E-state index < -0.39 is 11.8 Å². The molecule has 1 heterocycles. The molecule has 114 valence electrons. The Morgan fingerprint density at radius 2 is 1.71 bits per heavy atom. The van der Waals surface area contributed by atoms with E-state index in [-0.39, 0.29) is 0 Å². The molecule has 0 amide bonds. The highest BCUT2D eigenvalue weighted by Gasteiger charge is 2.46. The van der Waals surface area contributed by atoms with E-state index in [0.717, 1.165) is 42.4 Å². The lowest BCUT2D eigenvalue weighted by Crippen LogP contribution is -2.47. The monoisotopic (exact) mass is 399 g/mol. The van der Waals surface area contributed by atoms with Crippen LogP contribution in [-0.2, 0) is 0 Å². The van der Waals surface area contributed by atoms with Crippen LogP contribution < -0.4 is 5.32 Å². The Hall–Kier alpha value is -0.590. The summed E-state index contributed by atoms with van der Waals surface area (Å²) < 4.78 is 1.18. The Kier molecular flexibility index (Phi) is 4.05. The first-order valence-corrected chi connectivity index (χ1v) is 8.69. The van der Waals surface area contributed by atoms with Crippen molar-refractivity contribution >= 4 is 28.2 Å². The van der Waals surface area contributed by atoms with Crippen LogP contribution in [0.25, 0.3) is 5.57 Å². The molecule has 3 nitrogen and oxygen atoms in total. The van der Waals surface area contributed by atoms with E-state index in [1.165, 1.54) is 9.99 Å². The van der Waals surface area contributed by atoms with Crippen molar-refractivity contribution in [1.29, 1.82) is 0 Å². The van der Waals surface area contributed by atoms with Crippen LogP contribution in [0, 0.1) is 17.4 Å². The van der Waals surface area contributed by atoms with Crippen LogP contribution in [0.3, 0.4) is 0 Å². The summed E-state index contributed by atoms with van der Waals surface area (Å²) >= 11 is 2.30. The van der Waals surface area contributed by atoms with Gasteiger partial charge in [0.1, 0.15) is 12.0 Å². The first kappa shape index (κ1) is 15.3. The summed E-state index contributed by atoms with van der Waals surface area (Å²) in [7, 11) is 0. The van der Waals surface area contributed by atoms with Crippen molar-refractivity contribution in [3.8, 4) is 0 Å². The van der Waals surface area contributed by atoms with Gasteiger partial charge < -0.3 is 10.2 Å². The number of rotatable bonds is 1. The van der Waals surface area contributed by atoms with Gasteiger partial charge in [-0.15, -0.1) is 0 Å². The molecule has 0 bridgehead atoms. The second kappa shape index (κ2) is 5.56. The zero-order valence-electron chi connectivity index (χ0n) is 12.5. The lowest BCUT2D eigenvalue weighted by Gasteiger charge is -2.34. The molecule has 3 rings (SSSR count). The molecular weight excluding hydrogens is 377 g/mol. The molecule has 21 heavy (non-hydrogen) atoms. The lowest BCUT2D eigenvalue weighted by molar-refractivity contribution is 0.133. The van der Waals surface area contributed by atoms with Gasteiger partial charge in [0, 0.05) is 9.14 Å². The van der Waals surface area contributed by atoms with Crippen molar-refractivity contribution in [2.24, 2.45) is 0 Å². The summed E-state index contributed by atoms with van der Waals surface area (Å²) in [6.45, 7) is 4.09. The number of nitrogens with one attached hydrogen (secondary N) is 1. The molecule has 1 aromatic carbocycles. The van der Waals surface area contributed by atoms with Crippen LogP contribution >= 0.6 is 22.6 Å². The average molecular weight is 399 g/mol. The fraction of sp³-hybridized carbons (Fsp3) is 0.529. The minimum absolute atomic E-state index is 0.363. The maximum absolute atomic E-state index is 10.9. The molecule has 1 aromatic rings. The number of hydrogen-bond acceptors (Lipinski definition) is 3. The second-order valence-electron chi connectivity index (χ2n) is 6.37. The van der Waals surface area contributed by atoms with Gasteiger partial charge in [-0.1, -0.05) is 19.3 Å². The first-order valence-electron chi connectivity index (χ1n) is 7.61. The van der Waals surface area contributed by atoms with E-state index in [1.807, 2.05) is 13.8 Å². The van der Waals surface area contributed by atoms with Crippen molar-refractivity contribution in [2.75, 3.05) is 0 Å². The predicted molar refractivity (Wildman–Crippen MR) is 93.1 cm³/mol. The summed E-state index contributed by atoms with van der Waals surface area (Å²) in [4.78, 5) is 0. The first-order chi connectivity index (χ1) is 9.94. The van der Waals surface area contributed by atoms with E-state index in [2.05, 4.69) is 40.0 Å². The normalized spacial score (nSPS) is 24.9. The van der Waals surface area contributed by atoms with Gasteiger partial charge in [-0.05, 0) is 78.1 Å². The number of hydrogen-bond donors (Lipinski definition) is 3. The molecule has 1 saturated carbocycles. The third-order valence-electron chi connectivity index (χ3n) is 4.87. The fourth-order valence-corrected chi connectivity index (χ4v) is 4.85. The van der Waals surface area contributed by atoms with Crippen LogP contribution in [0.1, 0.15) is 48.8 Å². The van der Waals surface area contributed by atoms with Gasteiger partial charge in [0.15, 0.2) is 0 Å². The molecule has 0 radical (unpaired) electrons. The minimum atomic E-state index is -0.777.